The fourth-order valence-electron chi connectivity index (χ4n) is 3.54. The number of hydrogen-bond donors (Lipinski definition) is 1. The van der Waals surface area contributed by atoms with Gasteiger partial charge in [-0.05, 0) is 61.9 Å². The summed E-state index contributed by atoms with van der Waals surface area (Å²) in [6.45, 7) is 2.94. The molecule has 2 aromatic carbocycles. The molecule has 1 fully saturated rings. The van der Waals surface area contributed by atoms with Gasteiger partial charge in [-0.2, -0.15) is 4.72 Å². The molecule has 0 aliphatic carbocycles. The van der Waals surface area contributed by atoms with Gasteiger partial charge in [0, 0.05) is 17.6 Å². The predicted molar refractivity (Wildman–Crippen MR) is 113 cm³/mol. The molecule has 1 heterocycles. The molecule has 0 saturated carbocycles. The van der Waals surface area contributed by atoms with E-state index in [9.17, 15) is 13.2 Å². The van der Waals surface area contributed by atoms with Crippen LogP contribution in [-0.2, 0) is 21.2 Å². The lowest BCUT2D eigenvalue weighted by molar-refractivity contribution is -0.133. The van der Waals surface area contributed by atoms with E-state index in [1.165, 1.54) is 17.7 Å². The van der Waals surface area contributed by atoms with E-state index in [0.717, 1.165) is 23.7 Å². The molecule has 1 aliphatic heterocycles. The summed E-state index contributed by atoms with van der Waals surface area (Å²) in [6, 6.07) is 15.9. The zero-order chi connectivity index (χ0) is 20.1. The molecular formula is C21H25BrN2O3S. The Kier molecular flexibility index (Phi) is 6.91. The maximum Gasteiger partial charge on any atom is 0.241 e. The van der Waals surface area contributed by atoms with Gasteiger partial charge in [0.2, 0.25) is 15.9 Å². The minimum atomic E-state index is -3.73. The molecule has 3 rings (SSSR count). The summed E-state index contributed by atoms with van der Waals surface area (Å²) >= 11 is 3.29. The van der Waals surface area contributed by atoms with Crippen LogP contribution in [0.25, 0.3) is 0 Å². The van der Waals surface area contributed by atoms with Gasteiger partial charge in [0.15, 0.2) is 0 Å². The van der Waals surface area contributed by atoms with Crippen molar-refractivity contribution in [3.63, 3.8) is 0 Å². The third kappa shape index (κ3) is 5.43. The SMILES string of the molecule is C[C@@H](NS(=O)(=O)c1ccc(Br)cc1)C(=O)N1CCC(Cc2ccccc2)CC1. The highest BCUT2D eigenvalue weighted by molar-refractivity contribution is 9.10. The number of benzene rings is 2. The maximum absolute atomic E-state index is 12.7. The molecule has 0 aromatic heterocycles. The molecule has 1 aliphatic rings. The van der Waals surface area contributed by atoms with Crippen LogP contribution in [0.15, 0.2) is 64.0 Å². The molecule has 1 atom stereocenters. The molecule has 0 radical (unpaired) electrons. The average Bonchev–Trinajstić information content (AvgIpc) is 2.69. The molecule has 2 aromatic rings. The van der Waals surface area contributed by atoms with Crippen molar-refractivity contribution in [2.75, 3.05) is 13.1 Å². The second kappa shape index (κ2) is 9.20. The molecule has 0 bridgehead atoms. The summed E-state index contributed by atoms with van der Waals surface area (Å²) in [5.41, 5.74) is 1.32. The van der Waals surface area contributed by atoms with E-state index >= 15 is 0 Å². The highest BCUT2D eigenvalue weighted by Gasteiger charge is 2.29. The summed E-state index contributed by atoms with van der Waals surface area (Å²) in [6.07, 6.45) is 2.90. The first-order valence-corrected chi connectivity index (χ1v) is 11.7. The lowest BCUT2D eigenvalue weighted by Gasteiger charge is -2.33. The van der Waals surface area contributed by atoms with Crippen LogP contribution in [0.1, 0.15) is 25.3 Å². The first-order valence-electron chi connectivity index (χ1n) is 9.46. The number of halogens is 1. The molecule has 7 heteroatoms. The van der Waals surface area contributed by atoms with Crippen LogP contribution in [0.4, 0.5) is 0 Å². The van der Waals surface area contributed by atoms with Crippen molar-refractivity contribution in [3.8, 4) is 0 Å². The summed E-state index contributed by atoms with van der Waals surface area (Å²) in [5.74, 6) is 0.389. The standard InChI is InChI=1S/C21H25BrN2O3S/c1-16(23-28(26,27)20-9-7-19(22)8-10-20)21(25)24-13-11-18(12-14-24)15-17-5-3-2-4-6-17/h2-10,16,18,23H,11-15H2,1H3/t16-/m1/s1. The van der Waals surface area contributed by atoms with Gasteiger partial charge in [-0.1, -0.05) is 46.3 Å². The van der Waals surface area contributed by atoms with E-state index in [-0.39, 0.29) is 10.8 Å². The molecular weight excluding hydrogens is 440 g/mol. The van der Waals surface area contributed by atoms with Gasteiger partial charge in [-0.3, -0.25) is 4.79 Å². The first kappa shape index (κ1) is 21.0. The lowest BCUT2D eigenvalue weighted by atomic mass is 9.90. The smallest absolute Gasteiger partial charge is 0.241 e. The Hall–Kier alpha value is -1.70. The number of nitrogens with zero attached hydrogens (tertiary/aromatic N) is 1. The van der Waals surface area contributed by atoms with Gasteiger partial charge in [-0.25, -0.2) is 8.42 Å². The van der Waals surface area contributed by atoms with Crippen LogP contribution in [0.2, 0.25) is 0 Å². The molecule has 0 unspecified atom stereocenters. The Balaban J connectivity index is 1.53. The minimum Gasteiger partial charge on any atom is -0.341 e. The van der Waals surface area contributed by atoms with E-state index < -0.39 is 16.1 Å². The fourth-order valence-corrected chi connectivity index (χ4v) is 5.00. The number of rotatable bonds is 6. The van der Waals surface area contributed by atoms with Gasteiger partial charge < -0.3 is 4.90 Å². The number of carbonyl (C=O) groups excluding carboxylic acids is 1. The van der Waals surface area contributed by atoms with Gasteiger partial charge in [0.25, 0.3) is 0 Å². The van der Waals surface area contributed by atoms with Crippen molar-refractivity contribution in [2.45, 2.75) is 37.1 Å². The van der Waals surface area contributed by atoms with Crippen molar-refractivity contribution in [2.24, 2.45) is 5.92 Å². The Morgan fingerprint density at radius 3 is 2.32 bits per heavy atom. The monoisotopic (exact) mass is 464 g/mol. The fraction of sp³-hybridized carbons (Fsp3) is 0.381. The minimum absolute atomic E-state index is 0.150. The zero-order valence-electron chi connectivity index (χ0n) is 15.8. The highest BCUT2D eigenvalue weighted by atomic mass is 79.9. The topological polar surface area (TPSA) is 66.5 Å². The van der Waals surface area contributed by atoms with Crippen molar-refractivity contribution in [3.05, 3.63) is 64.6 Å². The zero-order valence-corrected chi connectivity index (χ0v) is 18.2. The van der Waals surface area contributed by atoms with Gasteiger partial charge >= 0.3 is 0 Å². The van der Waals surface area contributed by atoms with E-state index in [4.69, 9.17) is 0 Å². The maximum atomic E-state index is 12.7. The number of nitrogens with one attached hydrogen (secondary N) is 1. The Morgan fingerprint density at radius 1 is 1.11 bits per heavy atom. The quantitative estimate of drug-likeness (QED) is 0.709. The average molecular weight is 465 g/mol. The molecule has 1 saturated heterocycles. The third-order valence-corrected chi connectivity index (χ3v) is 7.20. The predicted octanol–water partition coefficient (Wildman–Crippen LogP) is 3.60. The largest absolute Gasteiger partial charge is 0.341 e. The number of sulfonamides is 1. The first-order chi connectivity index (χ1) is 13.3. The summed E-state index contributed by atoms with van der Waals surface area (Å²) < 4.78 is 28.3. The number of carbonyl (C=O) groups is 1. The van der Waals surface area contributed by atoms with Gasteiger partial charge in [0.1, 0.15) is 0 Å². The highest BCUT2D eigenvalue weighted by Crippen LogP contribution is 2.22. The number of hydrogen-bond acceptors (Lipinski definition) is 3. The Morgan fingerprint density at radius 2 is 1.71 bits per heavy atom. The molecule has 1 amide bonds. The van der Waals surface area contributed by atoms with Crippen LogP contribution >= 0.6 is 15.9 Å². The summed E-state index contributed by atoms with van der Waals surface area (Å²) in [4.78, 5) is 14.6. The van der Waals surface area contributed by atoms with Crippen LogP contribution < -0.4 is 4.72 Å². The van der Waals surface area contributed by atoms with E-state index in [0.29, 0.717) is 19.0 Å². The van der Waals surface area contributed by atoms with E-state index in [1.54, 1.807) is 24.0 Å². The third-order valence-electron chi connectivity index (χ3n) is 5.12. The van der Waals surface area contributed by atoms with Crippen molar-refractivity contribution < 1.29 is 13.2 Å². The number of amides is 1. The molecule has 1 N–H and O–H groups in total. The van der Waals surface area contributed by atoms with Gasteiger partial charge in [-0.15, -0.1) is 0 Å². The van der Waals surface area contributed by atoms with Crippen molar-refractivity contribution in [1.29, 1.82) is 0 Å². The van der Waals surface area contributed by atoms with Gasteiger partial charge in [0.05, 0.1) is 10.9 Å². The Labute approximate surface area is 175 Å². The number of piperidine rings is 1. The van der Waals surface area contributed by atoms with E-state index in [1.807, 2.05) is 18.2 Å². The van der Waals surface area contributed by atoms with Crippen LogP contribution in [0, 0.1) is 5.92 Å². The van der Waals surface area contributed by atoms with Crippen molar-refractivity contribution >= 4 is 31.9 Å². The second-order valence-corrected chi connectivity index (χ2v) is 9.88. The molecule has 5 nitrogen and oxygen atoms in total. The van der Waals surface area contributed by atoms with Crippen LogP contribution in [-0.4, -0.2) is 38.4 Å². The summed E-state index contributed by atoms with van der Waals surface area (Å²) in [7, 11) is -3.73. The number of likely N-dealkylation sites (tertiary alicyclic amines) is 1. The molecule has 0 spiro atoms. The normalized spacial score (nSPS) is 16.7. The van der Waals surface area contributed by atoms with Crippen LogP contribution in [0.5, 0.6) is 0 Å². The molecule has 150 valence electrons. The van der Waals surface area contributed by atoms with Crippen molar-refractivity contribution in [1.82, 2.24) is 9.62 Å². The van der Waals surface area contributed by atoms with Crippen LogP contribution in [0.3, 0.4) is 0 Å². The Bertz CT molecular complexity index is 893. The second-order valence-electron chi connectivity index (χ2n) is 7.26. The van der Waals surface area contributed by atoms with E-state index in [2.05, 4.69) is 32.8 Å². The molecule has 28 heavy (non-hydrogen) atoms. The lowest BCUT2D eigenvalue weighted by Crippen LogP contribution is -2.49. The summed E-state index contributed by atoms with van der Waals surface area (Å²) in [5, 5.41) is 0.